The van der Waals surface area contributed by atoms with Gasteiger partial charge in [0.1, 0.15) is 5.75 Å². The van der Waals surface area contributed by atoms with Crippen molar-refractivity contribution in [3.05, 3.63) is 92.4 Å². The summed E-state index contributed by atoms with van der Waals surface area (Å²) in [5.74, 6) is 0.488. The van der Waals surface area contributed by atoms with Gasteiger partial charge in [-0.05, 0) is 54.8 Å². The van der Waals surface area contributed by atoms with Crippen LogP contribution in [-0.4, -0.2) is 30.6 Å². The normalized spacial score (nSPS) is 11.7. The molecule has 0 atom stereocenters. The Labute approximate surface area is 195 Å². The van der Waals surface area contributed by atoms with E-state index in [1.807, 2.05) is 17.5 Å². The summed E-state index contributed by atoms with van der Waals surface area (Å²) in [7, 11) is -2.39. The number of carbonyl (C=O) groups is 1. The number of aromatic amines is 1. The Morgan fingerprint density at radius 3 is 2.45 bits per heavy atom. The van der Waals surface area contributed by atoms with Gasteiger partial charge in [-0.15, -0.1) is 11.3 Å². The van der Waals surface area contributed by atoms with Crippen molar-refractivity contribution in [2.75, 3.05) is 7.11 Å². The lowest BCUT2D eigenvalue weighted by Gasteiger charge is -2.22. The Kier molecular flexibility index (Phi) is 6.46. The lowest BCUT2D eigenvalue weighted by atomic mass is 10.1. The van der Waals surface area contributed by atoms with Crippen LogP contribution in [0.3, 0.4) is 0 Å². The van der Waals surface area contributed by atoms with Crippen molar-refractivity contribution in [1.29, 1.82) is 0 Å². The highest BCUT2D eigenvalue weighted by atomic mass is 32.2. The predicted octanol–water partition coefficient (Wildman–Crippen LogP) is 4.19. The summed E-state index contributed by atoms with van der Waals surface area (Å²) in [4.78, 5) is 28.1. The average Bonchev–Trinajstić information content (AvgIpc) is 3.32. The third kappa shape index (κ3) is 4.90. The number of rotatable bonds is 8. The Hall–Kier alpha value is -3.27. The van der Waals surface area contributed by atoms with Crippen molar-refractivity contribution in [2.24, 2.45) is 0 Å². The molecule has 0 amide bonds. The zero-order chi connectivity index (χ0) is 23.6. The molecule has 0 aliphatic heterocycles. The zero-order valence-electron chi connectivity index (χ0n) is 18.1. The fourth-order valence-electron chi connectivity index (χ4n) is 3.48. The first kappa shape index (κ1) is 22.9. The van der Waals surface area contributed by atoms with E-state index in [2.05, 4.69) is 4.98 Å². The number of hydrogen-bond acceptors (Lipinski definition) is 6. The number of Topliss-reactive ketones (excluding diaryl/α,β-unsaturated/α-hetero) is 1. The summed E-state index contributed by atoms with van der Waals surface area (Å²) in [5.41, 5.74) is 1.03. The fourth-order valence-corrected chi connectivity index (χ4v) is 5.67. The van der Waals surface area contributed by atoms with Gasteiger partial charge in [0.15, 0.2) is 5.78 Å². The monoisotopic (exact) mass is 482 g/mol. The molecular weight excluding hydrogens is 460 g/mol. The Morgan fingerprint density at radius 2 is 1.82 bits per heavy atom. The minimum Gasteiger partial charge on any atom is -0.497 e. The molecule has 0 saturated heterocycles. The molecule has 170 valence electrons. The molecule has 0 aliphatic rings. The van der Waals surface area contributed by atoms with Crippen LogP contribution in [0.2, 0.25) is 0 Å². The predicted molar refractivity (Wildman–Crippen MR) is 128 cm³/mol. The molecule has 0 saturated carbocycles. The summed E-state index contributed by atoms with van der Waals surface area (Å²) in [6, 6.07) is 16.5. The third-order valence-electron chi connectivity index (χ3n) is 5.29. The molecule has 1 N–H and O–H groups in total. The fraction of sp³-hybridized carbons (Fsp3) is 0.167. The van der Waals surface area contributed by atoms with Gasteiger partial charge in [0, 0.05) is 40.0 Å². The van der Waals surface area contributed by atoms with Crippen molar-refractivity contribution in [3.8, 4) is 5.75 Å². The van der Waals surface area contributed by atoms with Gasteiger partial charge in [0.05, 0.1) is 12.0 Å². The minimum atomic E-state index is -3.95. The molecule has 0 radical (unpaired) electrons. The minimum absolute atomic E-state index is 0.0583. The van der Waals surface area contributed by atoms with Gasteiger partial charge in [-0.25, -0.2) is 8.42 Å². The molecule has 7 nitrogen and oxygen atoms in total. The van der Waals surface area contributed by atoms with Crippen LogP contribution in [0.1, 0.15) is 27.7 Å². The molecule has 9 heteroatoms. The summed E-state index contributed by atoms with van der Waals surface area (Å²) >= 11 is 1.44. The van der Waals surface area contributed by atoms with E-state index >= 15 is 0 Å². The summed E-state index contributed by atoms with van der Waals surface area (Å²) < 4.78 is 33.6. The van der Waals surface area contributed by atoms with Crippen molar-refractivity contribution in [3.63, 3.8) is 0 Å². The van der Waals surface area contributed by atoms with E-state index in [1.54, 1.807) is 31.4 Å². The number of carbonyl (C=O) groups excluding carboxylic acids is 1. The van der Waals surface area contributed by atoms with E-state index in [9.17, 15) is 18.0 Å². The number of ether oxygens (including phenoxy) is 1. The Morgan fingerprint density at radius 1 is 1.06 bits per heavy atom. The number of H-pyrrole nitrogens is 1. The highest BCUT2D eigenvalue weighted by Gasteiger charge is 2.26. The maximum atomic E-state index is 13.5. The third-order valence-corrected chi connectivity index (χ3v) is 7.95. The van der Waals surface area contributed by atoms with Crippen LogP contribution in [0.5, 0.6) is 5.75 Å². The molecule has 33 heavy (non-hydrogen) atoms. The van der Waals surface area contributed by atoms with Crippen LogP contribution in [0.25, 0.3) is 10.9 Å². The number of methoxy groups -OCH3 is 1. The van der Waals surface area contributed by atoms with Crippen LogP contribution >= 0.6 is 11.3 Å². The quantitative estimate of drug-likeness (QED) is 0.380. The molecule has 0 spiro atoms. The van der Waals surface area contributed by atoms with E-state index in [-0.39, 0.29) is 29.3 Å². The molecule has 0 fully saturated rings. The van der Waals surface area contributed by atoms with Gasteiger partial charge in [0.2, 0.25) is 10.0 Å². The smallest absolute Gasteiger partial charge is 0.252 e. The molecule has 0 aliphatic carbocycles. The molecule has 0 bridgehead atoms. The zero-order valence-corrected chi connectivity index (χ0v) is 19.7. The van der Waals surface area contributed by atoms with Crippen molar-refractivity contribution >= 4 is 38.0 Å². The van der Waals surface area contributed by atoms with Crippen LogP contribution in [-0.2, 0) is 23.1 Å². The van der Waals surface area contributed by atoms with E-state index in [4.69, 9.17) is 4.74 Å². The van der Waals surface area contributed by atoms with Gasteiger partial charge in [-0.3, -0.25) is 9.59 Å². The molecular formula is C24H22N2O5S2. The van der Waals surface area contributed by atoms with Gasteiger partial charge in [-0.2, -0.15) is 4.31 Å². The summed E-state index contributed by atoms with van der Waals surface area (Å²) in [6.07, 6.45) is 0. The number of aromatic nitrogens is 1. The number of benzene rings is 2. The highest BCUT2D eigenvalue weighted by Crippen LogP contribution is 2.24. The first-order valence-electron chi connectivity index (χ1n) is 10.1. The maximum Gasteiger partial charge on any atom is 0.252 e. The largest absolute Gasteiger partial charge is 0.497 e. The number of fused-ring (bicyclic) bond motifs is 1. The number of thiophene rings is 1. The van der Waals surface area contributed by atoms with Gasteiger partial charge >= 0.3 is 0 Å². The second-order valence-electron chi connectivity index (χ2n) is 7.51. The second kappa shape index (κ2) is 9.30. The van der Waals surface area contributed by atoms with Crippen molar-refractivity contribution in [1.82, 2.24) is 9.29 Å². The Balaban J connectivity index is 1.75. The molecule has 2 aromatic heterocycles. The van der Waals surface area contributed by atoms with Crippen LogP contribution in [0, 0.1) is 0 Å². The molecule has 4 aromatic rings. The average molecular weight is 483 g/mol. The number of nitrogens with one attached hydrogen (secondary N) is 1. The van der Waals surface area contributed by atoms with Crippen LogP contribution in [0.4, 0.5) is 0 Å². The van der Waals surface area contributed by atoms with E-state index < -0.39 is 10.0 Å². The Bertz CT molecular complexity index is 1460. The first-order valence-corrected chi connectivity index (χ1v) is 12.4. The summed E-state index contributed by atoms with van der Waals surface area (Å²) in [5, 5.41) is 2.61. The van der Waals surface area contributed by atoms with E-state index in [0.717, 1.165) is 10.3 Å². The van der Waals surface area contributed by atoms with Crippen LogP contribution in [0.15, 0.2) is 75.7 Å². The number of nitrogens with zero attached hydrogens (tertiary/aromatic N) is 1. The SMILES string of the molecule is COc1ccc2[nH]c(=O)c(CN(Cc3cccs3)S(=O)(=O)c3ccc(C(C)=O)cc3)cc2c1. The van der Waals surface area contributed by atoms with Crippen molar-refractivity contribution in [2.45, 2.75) is 24.9 Å². The van der Waals surface area contributed by atoms with E-state index in [1.165, 1.54) is 46.8 Å². The number of sulfonamides is 1. The maximum absolute atomic E-state index is 13.5. The first-order chi connectivity index (χ1) is 15.8. The van der Waals surface area contributed by atoms with Gasteiger partial charge in [-0.1, -0.05) is 18.2 Å². The summed E-state index contributed by atoms with van der Waals surface area (Å²) in [6.45, 7) is 1.43. The second-order valence-corrected chi connectivity index (χ2v) is 10.5. The lowest BCUT2D eigenvalue weighted by molar-refractivity contribution is 0.101. The lowest BCUT2D eigenvalue weighted by Crippen LogP contribution is -2.32. The van der Waals surface area contributed by atoms with Gasteiger partial charge < -0.3 is 9.72 Å². The number of ketones is 1. The molecule has 2 aromatic carbocycles. The highest BCUT2D eigenvalue weighted by molar-refractivity contribution is 7.89. The van der Waals surface area contributed by atoms with Crippen molar-refractivity contribution < 1.29 is 17.9 Å². The van der Waals surface area contributed by atoms with E-state index in [0.29, 0.717) is 22.4 Å². The number of hydrogen-bond donors (Lipinski definition) is 1. The molecule has 0 unspecified atom stereocenters. The standard InChI is InChI=1S/C24H22N2O5S2/c1-16(27)17-5-8-22(9-6-17)33(29,30)26(15-21-4-3-11-32-21)14-19-12-18-13-20(31-2)7-10-23(18)25-24(19)28/h3-13H,14-15H2,1-2H3,(H,25,28). The number of pyridine rings is 1. The topological polar surface area (TPSA) is 96.5 Å². The van der Waals surface area contributed by atoms with Crippen LogP contribution < -0.4 is 10.3 Å². The molecule has 4 rings (SSSR count). The van der Waals surface area contributed by atoms with Gasteiger partial charge in [0.25, 0.3) is 5.56 Å². The molecule has 2 heterocycles.